The number of para-hydroxylation sites is 1. The summed E-state index contributed by atoms with van der Waals surface area (Å²) in [4.78, 5) is 18.5. The fourth-order valence-electron chi connectivity index (χ4n) is 3.32. The highest BCUT2D eigenvalue weighted by Gasteiger charge is 2.23. The van der Waals surface area contributed by atoms with E-state index in [0.717, 1.165) is 19.4 Å². The molecule has 0 bridgehead atoms. The molecule has 1 aromatic carbocycles. The molecule has 2 atom stereocenters. The van der Waals surface area contributed by atoms with E-state index in [9.17, 15) is 4.79 Å². The van der Waals surface area contributed by atoms with Gasteiger partial charge in [0.2, 0.25) is 5.91 Å². The normalized spacial score (nSPS) is 18.1. The number of anilines is 1. The van der Waals surface area contributed by atoms with Crippen LogP contribution >= 0.6 is 0 Å². The third-order valence-corrected chi connectivity index (χ3v) is 4.58. The molecule has 24 heavy (non-hydrogen) atoms. The Morgan fingerprint density at radius 3 is 3.04 bits per heavy atom. The lowest BCUT2D eigenvalue weighted by atomic mass is 9.96. The van der Waals surface area contributed by atoms with Crippen molar-refractivity contribution in [2.45, 2.75) is 51.7 Å². The third kappa shape index (κ3) is 3.93. The molecule has 1 aliphatic heterocycles. The zero-order valence-electron chi connectivity index (χ0n) is 14.4. The van der Waals surface area contributed by atoms with Gasteiger partial charge in [0.1, 0.15) is 12.7 Å². The number of rotatable bonds is 6. The fourth-order valence-corrected chi connectivity index (χ4v) is 3.32. The number of aryl methyl sites for hydroxylation is 1. The summed E-state index contributed by atoms with van der Waals surface area (Å²) in [5.41, 5.74) is 2.66. The van der Waals surface area contributed by atoms with Crippen molar-refractivity contribution in [2.75, 3.05) is 11.4 Å². The number of carbonyl (C=O) groups is 1. The molecule has 0 spiro atoms. The van der Waals surface area contributed by atoms with Crippen LogP contribution in [0.2, 0.25) is 0 Å². The minimum atomic E-state index is 0.0327. The molecule has 1 aromatic heterocycles. The van der Waals surface area contributed by atoms with E-state index < -0.39 is 0 Å². The summed E-state index contributed by atoms with van der Waals surface area (Å²) < 4.78 is 1.73. The summed E-state index contributed by atoms with van der Waals surface area (Å²) in [5.74, 6) is 0.0814. The van der Waals surface area contributed by atoms with E-state index in [1.807, 2.05) is 6.92 Å². The number of aromatic nitrogens is 3. The molecule has 6 heteroatoms. The number of nitrogens with zero attached hydrogens (tertiary/aromatic N) is 4. The van der Waals surface area contributed by atoms with Crippen molar-refractivity contribution in [1.82, 2.24) is 20.1 Å². The first-order valence-corrected chi connectivity index (χ1v) is 8.60. The van der Waals surface area contributed by atoms with Crippen molar-refractivity contribution in [3.63, 3.8) is 0 Å². The number of benzene rings is 1. The first kappa shape index (κ1) is 16.5. The SMILES string of the molecule is C[C@H](Cn1cncn1)NC(=O)CCN1c2ccccc2CC[C@H]1C. The number of amides is 1. The van der Waals surface area contributed by atoms with Crippen LogP contribution in [0.3, 0.4) is 0 Å². The Labute approximate surface area is 142 Å². The molecule has 1 amide bonds. The number of nitrogens with one attached hydrogen (secondary N) is 1. The van der Waals surface area contributed by atoms with Crippen molar-refractivity contribution in [3.05, 3.63) is 42.5 Å². The monoisotopic (exact) mass is 327 g/mol. The van der Waals surface area contributed by atoms with Crippen LogP contribution in [0.1, 0.15) is 32.3 Å². The molecule has 128 valence electrons. The lowest BCUT2D eigenvalue weighted by molar-refractivity contribution is -0.121. The first-order valence-electron chi connectivity index (χ1n) is 8.60. The van der Waals surface area contributed by atoms with Crippen molar-refractivity contribution in [3.8, 4) is 0 Å². The van der Waals surface area contributed by atoms with Crippen molar-refractivity contribution in [1.29, 1.82) is 0 Å². The topological polar surface area (TPSA) is 63.1 Å². The van der Waals surface area contributed by atoms with Crippen LogP contribution in [-0.2, 0) is 17.8 Å². The molecule has 0 unspecified atom stereocenters. The number of fused-ring (bicyclic) bond motifs is 1. The van der Waals surface area contributed by atoms with Gasteiger partial charge in [-0.05, 0) is 38.3 Å². The molecular weight excluding hydrogens is 302 g/mol. The summed E-state index contributed by atoms with van der Waals surface area (Å²) in [6.45, 7) is 5.61. The maximum absolute atomic E-state index is 12.3. The van der Waals surface area contributed by atoms with E-state index in [1.165, 1.54) is 17.6 Å². The van der Waals surface area contributed by atoms with Crippen LogP contribution in [0.15, 0.2) is 36.9 Å². The summed E-state index contributed by atoms with van der Waals surface area (Å²) in [7, 11) is 0. The Morgan fingerprint density at radius 1 is 1.42 bits per heavy atom. The molecule has 0 saturated heterocycles. The lowest BCUT2D eigenvalue weighted by Gasteiger charge is -2.37. The van der Waals surface area contributed by atoms with Crippen LogP contribution < -0.4 is 10.2 Å². The van der Waals surface area contributed by atoms with Gasteiger partial charge in [0.05, 0.1) is 6.54 Å². The summed E-state index contributed by atoms with van der Waals surface area (Å²) in [6.07, 6.45) is 5.93. The van der Waals surface area contributed by atoms with Crippen LogP contribution in [0.5, 0.6) is 0 Å². The summed E-state index contributed by atoms with van der Waals surface area (Å²) >= 11 is 0. The molecule has 0 aliphatic carbocycles. The van der Waals surface area contributed by atoms with E-state index in [1.54, 1.807) is 11.0 Å². The van der Waals surface area contributed by atoms with E-state index in [-0.39, 0.29) is 11.9 Å². The van der Waals surface area contributed by atoms with Gasteiger partial charge in [-0.25, -0.2) is 4.98 Å². The zero-order valence-corrected chi connectivity index (χ0v) is 14.4. The molecule has 2 aromatic rings. The molecule has 2 heterocycles. The molecular formula is C18H25N5O. The predicted octanol–water partition coefficient (Wildman–Crippen LogP) is 2.01. The average Bonchev–Trinajstić information content (AvgIpc) is 3.06. The Kier molecular flexibility index (Phi) is 5.13. The highest BCUT2D eigenvalue weighted by Crippen LogP contribution is 2.30. The molecule has 6 nitrogen and oxygen atoms in total. The highest BCUT2D eigenvalue weighted by atomic mass is 16.1. The van der Waals surface area contributed by atoms with Crippen molar-refractivity contribution in [2.24, 2.45) is 0 Å². The van der Waals surface area contributed by atoms with Crippen LogP contribution in [0.4, 0.5) is 5.69 Å². The standard InChI is InChI=1S/C18H25N5O/c1-14(11-22-13-19-12-20-22)21-18(24)9-10-23-15(2)7-8-16-5-3-4-6-17(16)23/h3-6,12-15H,7-11H2,1-2H3,(H,21,24)/t14-,15-/m1/s1. The van der Waals surface area contributed by atoms with Gasteiger partial charge < -0.3 is 10.2 Å². The number of hydrogen-bond acceptors (Lipinski definition) is 4. The Balaban J connectivity index is 1.52. The van der Waals surface area contributed by atoms with Crippen molar-refractivity contribution >= 4 is 11.6 Å². The van der Waals surface area contributed by atoms with Gasteiger partial charge in [-0.3, -0.25) is 9.48 Å². The first-order chi connectivity index (χ1) is 11.6. The highest BCUT2D eigenvalue weighted by molar-refractivity contribution is 5.77. The van der Waals surface area contributed by atoms with Gasteiger partial charge in [0.25, 0.3) is 0 Å². The van der Waals surface area contributed by atoms with Gasteiger partial charge in [-0.1, -0.05) is 18.2 Å². The van der Waals surface area contributed by atoms with Gasteiger partial charge in [0.15, 0.2) is 0 Å². The van der Waals surface area contributed by atoms with Gasteiger partial charge in [-0.2, -0.15) is 5.10 Å². The molecule has 1 aliphatic rings. The van der Waals surface area contributed by atoms with E-state index in [0.29, 0.717) is 19.0 Å². The quantitative estimate of drug-likeness (QED) is 0.881. The van der Waals surface area contributed by atoms with Crippen LogP contribution in [0, 0.1) is 0 Å². The third-order valence-electron chi connectivity index (χ3n) is 4.58. The zero-order chi connectivity index (χ0) is 16.9. The van der Waals surface area contributed by atoms with Crippen molar-refractivity contribution < 1.29 is 4.79 Å². The van der Waals surface area contributed by atoms with Gasteiger partial charge in [-0.15, -0.1) is 0 Å². The second-order valence-electron chi connectivity index (χ2n) is 6.55. The average molecular weight is 327 g/mol. The number of carbonyl (C=O) groups excluding carboxylic acids is 1. The molecule has 0 radical (unpaired) electrons. The minimum absolute atomic E-state index is 0.0327. The van der Waals surface area contributed by atoms with Gasteiger partial charge in [0, 0.05) is 30.7 Å². The molecule has 1 N–H and O–H groups in total. The maximum atomic E-state index is 12.3. The predicted molar refractivity (Wildman–Crippen MR) is 93.8 cm³/mol. The second kappa shape index (κ2) is 7.47. The fraction of sp³-hybridized carbons (Fsp3) is 0.500. The van der Waals surface area contributed by atoms with E-state index in [4.69, 9.17) is 0 Å². The lowest BCUT2D eigenvalue weighted by Crippen LogP contribution is -2.41. The van der Waals surface area contributed by atoms with Gasteiger partial charge >= 0.3 is 0 Å². The van der Waals surface area contributed by atoms with Crippen LogP contribution in [-0.4, -0.2) is 39.3 Å². The molecule has 3 rings (SSSR count). The summed E-state index contributed by atoms with van der Waals surface area (Å²) in [5, 5.41) is 7.11. The minimum Gasteiger partial charge on any atom is -0.368 e. The maximum Gasteiger partial charge on any atom is 0.222 e. The Hall–Kier alpha value is -2.37. The summed E-state index contributed by atoms with van der Waals surface area (Å²) in [6, 6.07) is 9.02. The molecule has 0 saturated carbocycles. The van der Waals surface area contributed by atoms with E-state index >= 15 is 0 Å². The molecule has 0 fully saturated rings. The Bertz CT molecular complexity index is 670. The second-order valence-corrected chi connectivity index (χ2v) is 6.55. The van der Waals surface area contributed by atoms with Crippen LogP contribution in [0.25, 0.3) is 0 Å². The van der Waals surface area contributed by atoms with E-state index in [2.05, 4.69) is 51.5 Å². The largest absolute Gasteiger partial charge is 0.368 e. The number of hydrogen-bond donors (Lipinski definition) is 1. The smallest absolute Gasteiger partial charge is 0.222 e. The Morgan fingerprint density at radius 2 is 2.25 bits per heavy atom.